The van der Waals surface area contributed by atoms with Crippen molar-refractivity contribution in [2.75, 3.05) is 37.7 Å². The Morgan fingerprint density at radius 1 is 0.873 bits per heavy atom. The predicted molar refractivity (Wildman–Crippen MR) is 215 cm³/mol. The first-order valence-corrected chi connectivity index (χ1v) is 22.7. The lowest BCUT2D eigenvalue weighted by atomic mass is 9.32. The van der Waals surface area contributed by atoms with Gasteiger partial charge in [-0.05, 0) is 152 Å². The third-order valence-electron chi connectivity index (χ3n) is 17.3. The topological polar surface area (TPSA) is 141 Å². The molecule has 9 atom stereocenters. The van der Waals surface area contributed by atoms with Gasteiger partial charge in [-0.1, -0.05) is 58.9 Å². The van der Waals surface area contributed by atoms with Crippen LogP contribution in [0.25, 0.3) is 5.57 Å². The number of carboxylic acids is 2. The van der Waals surface area contributed by atoms with Crippen molar-refractivity contribution in [1.82, 2.24) is 10.2 Å². The number of fused-ring (bicyclic) bond motifs is 7. The number of carboxylic acid groups (broad SMARTS) is 2. The first-order valence-electron chi connectivity index (χ1n) is 20.9. The Kier molecular flexibility index (Phi) is 10.1. The molecule has 0 bridgehead atoms. The minimum atomic E-state index is -2.91. The van der Waals surface area contributed by atoms with Crippen LogP contribution in [-0.2, 0) is 14.6 Å². The van der Waals surface area contributed by atoms with Crippen LogP contribution in [0.3, 0.4) is 0 Å². The van der Waals surface area contributed by atoms with Crippen LogP contribution in [0, 0.1) is 56.7 Å². The van der Waals surface area contributed by atoms with Gasteiger partial charge in [-0.25, -0.2) is 18.0 Å². The van der Waals surface area contributed by atoms with E-state index < -0.39 is 21.8 Å². The average Bonchev–Trinajstić information content (AvgIpc) is 3.52. The van der Waals surface area contributed by atoms with Crippen LogP contribution < -0.4 is 5.32 Å². The molecular formula is C45H64N2O7S. The fraction of sp³-hybridized carbons (Fsp3) is 0.711. The monoisotopic (exact) mass is 776 g/mol. The molecule has 6 aliphatic rings. The Morgan fingerprint density at radius 2 is 1.56 bits per heavy atom. The van der Waals surface area contributed by atoms with Crippen molar-refractivity contribution in [2.24, 2.45) is 56.7 Å². The number of carbonyl (C=O) groups is 3. The summed E-state index contributed by atoms with van der Waals surface area (Å²) in [4.78, 5) is 40.7. The van der Waals surface area contributed by atoms with E-state index in [-0.39, 0.29) is 61.5 Å². The first-order chi connectivity index (χ1) is 25.7. The number of aromatic carboxylic acids is 2. The van der Waals surface area contributed by atoms with Crippen LogP contribution in [0.2, 0.25) is 0 Å². The minimum Gasteiger partial charge on any atom is -0.478 e. The number of benzene rings is 1. The smallest absolute Gasteiger partial charge is 0.336 e. The Balaban J connectivity index is 1.13. The highest BCUT2D eigenvalue weighted by molar-refractivity contribution is 7.91. The SMILES string of the molecule is C=C(C)[C@@H]1CC[C@]2(C(=O)NCCCN3CCS(=O)(=O)CC3)CC[C@]3(C)[C@H](CCC4[C@@]5(C)CC=C(c6ccc(C(=O)O)c(C(=O)O)c6)C(C)(C)C5CC[C@]43C)C12. The molecule has 10 heteroatoms. The predicted octanol–water partition coefficient (Wildman–Crippen LogP) is 7.97. The van der Waals surface area contributed by atoms with Gasteiger partial charge in [-0.3, -0.25) is 4.79 Å². The summed E-state index contributed by atoms with van der Waals surface area (Å²) in [5, 5.41) is 23.0. The van der Waals surface area contributed by atoms with Crippen molar-refractivity contribution in [3.63, 3.8) is 0 Å². The number of sulfone groups is 1. The Hall–Kier alpha value is -2.98. The fourth-order valence-corrected chi connectivity index (χ4v) is 15.6. The molecule has 1 aromatic rings. The molecule has 3 unspecified atom stereocenters. The molecule has 1 amide bonds. The minimum absolute atomic E-state index is 0.0402. The molecule has 3 N–H and O–H groups in total. The van der Waals surface area contributed by atoms with E-state index in [1.807, 2.05) is 0 Å². The van der Waals surface area contributed by atoms with E-state index in [1.165, 1.54) is 11.6 Å². The van der Waals surface area contributed by atoms with Gasteiger partial charge >= 0.3 is 11.9 Å². The molecule has 0 spiro atoms. The quantitative estimate of drug-likeness (QED) is 0.170. The zero-order chi connectivity index (χ0) is 39.9. The van der Waals surface area contributed by atoms with Gasteiger partial charge in [0.05, 0.1) is 28.0 Å². The number of hydrogen-bond acceptors (Lipinski definition) is 6. The Bertz CT molecular complexity index is 1910. The number of nitrogens with zero attached hydrogens (tertiary/aromatic N) is 1. The number of carbonyl (C=O) groups excluding carboxylic acids is 1. The van der Waals surface area contributed by atoms with Gasteiger partial charge in [0.15, 0.2) is 9.84 Å². The highest BCUT2D eigenvalue weighted by Gasteiger charge is 2.71. The van der Waals surface area contributed by atoms with Crippen molar-refractivity contribution < 1.29 is 33.0 Å². The van der Waals surface area contributed by atoms with Crippen LogP contribution in [0.1, 0.15) is 132 Å². The number of amides is 1. The molecule has 1 aliphatic heterocycles. The van der Waals surface area contributed by atoms with E-state index in [2.05, 4.69) is 64.4 Å². The lowest BCUT2D eigenvalue weighted by Gasteiger charge is -2.72. The van der Waals surface area contributed by atoms with Crippen molar-refractivity contribution >= 4 is 33.3 Å². The third-order valence-corrected chi connectivity index (χ3v) is 18.9. The van der Waals surface area contributed by atoms with Crippen molar-refractivity contribution in [1.29, 1.82) is 0 Å². The standard InChI is InChI=1S/C45H64N2O7S/c1-28(2)30-13-18-45(40(52)46-21-8-22-47-23-25-55(53,54)26-24-47)20-19-43(6)34(37(30)45)11-12-36-42(5)16-14-33(41(3,4)35(42)15-17-44(36,43)7)29-9-10-31(38(48)49)32(27-29)39(50)51/h9-10,14,27,30,34-37H,1,8,11-13,15-26H2,2-7H3,(H,46,52)(H,48,49)(H,50,51)/t30-,34+,35?,36?,37?,42-,43+,44+,45-/m0/s1. The number of nitrogens with one attached hydrogen (secondary N) is 1. The molecule has 0 aromatic heterocycles. The highest BCUT2D eigenvalue weighted by Crippen LogP contribution is 2.77. The average molecular weight is 777 g/mol. The van der Waals surface area contributed by atoms with Gasteiger partial charge in [0.25, 0.3) is 0 Å². The molecule has 5 aliphatic carbocycles. The molecular weight excluding hydrogens is 713 g/mol. The summed E-state index contributed by atoms with van der Waals surface area (Å²) in [6.45, 7) is 21.5. The second-order valence-corrected chi connectivity index (χ2v) is 22.2. The summed E-state index contributed by atoms with van der Waals surface area (Å²) >= 11 is 0. The second-order valence-electron chi connectivity index (χ2n) is 19.9. The third kappa shape index (κ3) is 6.25. The molecule has 1 heterocycles. The largest absolute Gasteiger partial charge is 0.478 e. The summed E-state index contributed by atoms with van der Waals surface area (Å²) in [6.07, 6.45) is 12.3. The summed E-state index contributed by atoms with van der Waals surface area (Å²) in [5.74, 6) is 0.118. The fourth-order valence-electron chi connectivity index (χ4n) is 14.4. The van der Waals surface area contributed by atoms with Crippen molar-refractivity contribution in [3.8, 4) is 0 Å². The van der Waals surface area contributed by atoms with Crippen LogP contribution in [0.4, 0.5) is 0 Å². The van der Waals surface area contributed by atoms with Crippen LogP contribution in [-0.4, -0.2) is 79.1 Å². The van der Waals surface area contributed by atoms with Crippen LogP contribution in [0.5, 0.6) is 0 Å². The lowest BCUT2D eigenvalue weighted by Crippen LogP contribution is -2.66. The summed E-state index contributed by atoms with van der Waals surface area (Å²) in [6, 6.07) is 4.80. The number of hydrogen-bond donors (Lipinski definition) is 3. The number of allylic oxidation sites excluding steroid dienone is 3. The molecule has 9 nitrogen and oxygen atoms in total. The van der Waals surface area contributed by atoms with Gasteiger partial charge in [0.2, 0.25) is 5.91 Å². The van der Waals surface area contributed by atoms with Gasteiger partial charge in [0, 0.05) is 19.6 Å². The molecule has 1 aromatic carbocycles. The van der Waals surface area contributed by atoms with Gasteiger partial charge in [0.1, 0.15) is 0 Å². The summed E-state index contributed by atoms with van der Waals surface area (Å²) < 4.78 is 23.8. The van der Waals surface area contributed by atoms with E-state index in [1.54, 1.807) is 12.1 Å². The van der Waals surface area contributed by atoms with E-state index in [0.29, 0.717) is 43.3 Å². The maximum Gasteiger partial charge on any atom is 0.336 e. The highest BCUT2D eigenvalue weighted by atomic mass is 32.2. The number of rotatable bonds is 9. The summed E-state index contributed by atoms with van der Waals surface area (Å²) in [7, 11) is -2.91. The van der Waals surface area contributed by atoms with E-state index in [9.17, 15) is 33.0 Å². The zero-order valence-electron chi connectivity index (χ0n) is 34.0. The first kappa shape index (κ1) is 40.2. The zero-order valence-corrected chi connectivity index (χ0v) is 34.8. The van der Waals surface area contributed by atoms with Crippen LogP contribution in [0.15, 0.2) is 36.4 Å². The maximum atomic E-state index is 14.5. The van der Waals surface area contributed by atoms with Crippen molar-refractivity contribution in [2.45, 2.75) is 106 Å². The molecule has 7 rings (SSSR count). The van der Waals surface area contributed by atoms with Crippen molar-refractivity contribution in [3.05, 3.63) is 53.1 Å². The second kappa shape index (κ2) is 13.8. The van der Waals surface area contributed by atoms with Gasteiger partial charge < -0.3 is 20.4 Å². The Labute approximate surface area is 328 Å². The normalized spacial score (nSPS) is 39.0. The molecule has 55 heavy (non-hydrogen) atoms. The lowest BCUT2D eigenvalue weighted by molar-refractivity contribution is -0.225. The van der Waals surface area contributed by atoms with Gasteiger partial charge in [-0.2, -0.15) is 0 Å². The van der Waals surface area contributed by atoms with Crippen LogP contribution >= 0.6 is 0 Å². The molecule has 4 saturated carbocycles. The molecule has 302 valence electrons. The molecule has 5 fully saturated rings. The van der Waals surface area contributed by atoms with E-state index in [0.717, 1.165) is 81.9 Å². The molecule has 1 saturated heterocycles. The van der Waals surface area contributed by atoms with E-state index >= 15 is 0 Å². The molecule has 0 radical (unpaired) electrons. The summed E-state index contributed by atoms with van der Waals surface area (Å²) in [5.41, 5.74) is 2.35. The maximum absolute atomic E-state index is 14.5. The van der Waals surface area contributed by atoms with Gasteiger partial charge in [-0.15, -0.1) is 0 Å². The Morgan fingerprint density at radius 3 is 2.22 bits per heavy atom. The van der Waals surface area contributed by atoms with E-state index in [4.69, 9.17) is 0 Å².